The van der Waals surface area contributed by atoms with Crippen molar-refractivity contribution in [2.45, 2.75) is 12.8 Å². The van der Waals surface area contributed by atoms with Crippen molar-refractivity contribution in [3.05, 3.63) is 30.3 Å². The van der Waals surface area contributed by atoms with E-state index in [9.17, 15) is 9.90 Å². The van der Waals surface area contributed by atoms with Crippen LogP contribution in [0.1, 0.15) is 12.8 Å². The van der Waals surface area contributed by atoms with E-state index in [1.165, 1.54) is 0 Å². The second-order valence-electron chi connectivity index (χ2n) is 7.45. The third-order valence-corrected chi connectivity index (χ3v) is 5.93. The maximum absolute atomic E-state index is 12.5. The Hall–Kier alpha value is -1.63. The van der Waals surface area contributed by atoms with Gasteiger partial charge in [0.05, 0.1) is 6.61 Å². The number of aliphatic hydroxyl groups is 1. The summed E-state index contributed by atoms with van der Waals surface area (Å²) in [5.74, 6) is 1.05. The Bertz CT molecular complexity index is 572. The first-order chi connectivity index (χ1) is 12.7. The van der Waals surface area contributed by atoms with Gasteiger partial charge in [-0.2, -0.15) is 0 Å². The molecule has 1 N–H and O–H groups in total. The third kappa shape index (κ3) is 4.37. The van der Waals surface area contributed by atoms with Gasteiger partial charge < -0.3 is 24.4 Å². The molecule has 0 bridgehead atoms. The molecule has 0 radical (unpaired) electrons. The zero-order chi connectivity index (χ0) is 18.4. The maximum Gasteiger partial charge on any atom is 0.260 e. The summed E-state index contributed by atoms with van der Waals surface area (Å²) in [6.07, 6.45) is 1.89. The number of carbonyl (C=O) groups is 1. The predicted molar refractivity (Wildman–Crippen MR) is 99.1 cm³/mol. The van der Waals surface area contributed by atoms with Gasteiger partial charge in [-0.1, -0.05) is 18.2 Å². The zero-order valence-corrected chi connectivity index (χ0v) is 15.6. The summed E-state index contributed by atoms with van der Waals surface area (Å²) in [7, 11) is 1.72. The summed E-state index contributed by atoms with van der Waals surface area (Å²) in [6.45, 7) is 5.32. The number of hydrogen-bond acceptors (Lipinski definition) is 5. The molecule has 26 heavy (non-hydrogen) atoms. The molecule has 0 saturated carbocycles. The molecule has 1 amide bonds. The molecule has 1 spiro atoms. The first kappa shape index (κ1) is 19.1. The fourth-order valence-electron chi connectivity index (χ4n) is 4.31. The molecule has 6 heteroatoms. The lowest BCUT2D eigenvalue weighted by Gasteiger charge is -2.42. The Labute approximate surface area is 155 Å². The largest absolute Gasteiger partial charge is 0.484 e. The van der Waals surface area contributed by atoms with Gasteiger partial charge in [0.15, 0.2) is 6.61 Å². The quantitative estimate of drug-likeness (QED) is 0.791. The summed E-state index contributed by atoms with van der Waals surface area (Å²) in [5, 5.41) is 9.85. The number of amides is 1. The van der Waals surface area contributed by atoms with Crippen molar-refractivity contribution in [1.29, 1.82) is 0 Å². The van der Waals surface area contributed by atoms with Gasteiger partial charge in [-0.15, -0.1) is 0 Å². The molecule has 1 aromatic carbocycles. The molecule has 2 saturated heterocycles. The Morgan fingerprint density at radius 3 is 2.65 bits per heavy atom. The van der Waals surface area contributed by atoms with Gasteiger partial charge in [0.25, 0.3) is 5.91 Å². The summed E-state index contributed by atoms with van der Waals surface area (Å²) in [4.78, 5) is 16.7. The van der Waals surface area contributed by atoms with Crippen molar-refractivity contribution in [3.8, 4) is 5.75 Å². The lowest BCUT2D eigenvalue weighted by molar-refractivity contribution is -0.136. The summed E-state index contributed by atoms with van der Waals surface area (Å²) >= 11 is 0. The van der Waals surface area contributed by atoms with Crippen LogP contribution in [-0.2, 0) is 9.53 Å². The molecule has 2 aliphatic heterocycles. The Kier molecular flexibility index (Phi) is 6.51. The van der Waals surface area contributed by atoms with Crippen LogP contribution in [0.15, 0.2) is 30.3 Å². The van der Waals surface area contributed by atoms with E-state index in [1.54, 1.807) is 7.11 Å². The summed E-state index contributed by atoms with van der Waals surface area (Å²) < 4.78 is 10.8. The molecule has 1 aromatic rings. The Morgan fingerprint density at radius 2 is 2.00 bits per heavy atom. The number of hydrogen-bond donors (Lipinski definition) is 1. The van der Waals surface area contributed by atoms with Crippen LogP contribution in [0.3, 0.4) is 0 Å². The van der Waals surface area contributed by atoms with Gasteiger partial charge in [0, 0.05) is 52.4 Å². The highest BCUT2D eigenvalue weighted by atomic mass is 16.5. The molecule has 2 aliphatic rings. The standard InChI is InChI=1S/C20H30N2O4/c1-25-12-11-21-13-17(14-23)20(16-21)7-9-22(10-8-20)19(24)15-26-18-5-3-2-4-6-18/h2-6,17,23H,7-16H2,1H3. The lowest BCUT2D eigenvalue weighted by atomic mass is 9.71. The number of benzene rings is 1. The second kappa shape index (κ2) is 8.84. The van der Waals surface area contributed by atoms with Crippen LogP contribution in [0.2, 0.25) is 0 Å². The number of rotatable bonds is 7. The zero-order valence-electron chi connectivity index (χ0n) is 15.6. The van der Waals surface area contributed by atoms with E-state index >= 15 is 0 Å². The maximum atomic E-state index is 12.5. The third-order valence-electron chi connectivity index (χ3n) is 5.93. The van der Waals surface area contributed by atoms with E-state index < -0.39 is 0 Å². The van der Waals surface area contributed by atoms with Gasteiger partial charge in [0.1, 0.15) is 5.75 Å². The van der Waals surface area contributed by atoms with Crippen LogP contribution in [0.4, 0.5) is 0 Å². The van der Waals surface area contributed by atoms with E-state index in [-0.39, 0.29) is 30.5 Å². The van der Waals surface area contributed by atoms with Crippen molar-refractivity contribution in [2.75, 3.05) is 59.7 Å². The summed E-state index contributed by atoms with van der Waals surface area (Å²) in [5.41, 5.74) is 0.125. The molecule has 1 atom stereocenters. The Balaban J connectivity index is 1.50. The number of piperidine rings is 1. The molecular weight excluding hydrogens is 332 g/mol. The first-order valence-corrected chi connectivity index (χ1v) is 9.44. The highest BCUT2D eigenvalue weighted by molar-refractivity contribution is 5.77. The molecule has 0 aromatic heterocycles. The van der Waals surface area contributed by atoms with E-state index in [1.807, 2.05) is 35.2 Å². The Morgan fingerprint density at radius 1 is 1.27 bits per heavy atom. The monoisotopic (exact) mass is 362 g/mol. The minimum absolute atomic E-state index is 0.0403. The van der Waals surface area contributed by atoms with Gasteiger partial charge in [-0.05, 0) is 30.4 Å². The fraction of sp³-hybridized carbons (Fsp3) is 0.650. The minimum atomic E-state index is 0.0403. The van der Waals surface area contributed by atoms with Crippen LogP contribution in [0.5, 0.6) is 5.75 Å². The number of carbonyl (C=O) groups excluding carboxylic acids is 1. The molecular formula is C20H30N2O4. The van der Waals surface area contributed by atoms with Crippen LogP contribution < -0.4 is 4.74 Å². The van der Waals surface area contributed by atoms with Gasteiger partial charge >= 0.3 is 0 Å². The molecule has 6 nitrogen and oxygen atoms in total. The molecule has 3 rings (SSSR count). The van der Waals surface area contributed by atoms with Gasteiger partial charge in [-0.3, -0.25) is 4.79 Å². The van der Waals surface area contributed by atoms with Crippen LogP contribution in [0, 0.1) is 11.3 Å². The number of para-hydroxylation sites is 1. The average Bonchev–Trinajstić information content (AvgIpc) is 3.03. The predicted octanol–water partition coefficient (Wildman–Crippen LogP) is 1.24. The van der Waals surface area contributed by atoms with E-state index in [0.29, 0.717) is 0 Å². The normalized spacial score (nSPS) is 22.7. The highest BCUT2D eigenvalue weighted by Gasteiger charge is 2.47. The van der Waals surface area contributed by atoms with Crippen molar-refractivity contribution < 1.29 is 19.4 Å². The van der Waals surface area contributed by atoms with Crippen LogP contribution in [0.25, 0.3) is 0 Å². The number of nitrogens with zero attached hydrogens (tertiary/aromatic N) is 2. The van der Waals surface area contributed by atoms with E-state index in [2.05, 4.69) is 4.90 Å². The second-order valence-corrected chi connectivity index (χ2v) is 7.45. The summed E-state index contributed by atoms with van der Waals surface area (Å²) in [6, 6.07) is 9.44. The number of aliphatic hydroxyl groups excluding tert-OH is 1. The van der Waals surface area contributed by atoms with Crippen molar-refractivity contribution >= 4 is 5.91 Å². The van der Waals surface area contributed by atoms with E-state index in [0.717, 1.165) is 57.9 Å². The van der Waals surface area contributed by atoms with Crippen molar-refractivity contribution in [1.82, 2.24) is 9.80 Å². The number of likely N-dealkylation sites (tertiary alicyclic amines) is 2. The average molecular weight is 362 g/mol. The molecule has 2 fully saturated rings. The van der Waals surface area contributed by atoms with Crippen LogP contribution >= 0.6 is 0 Å². The molecule has 2 heterocycles. The van der Waals surface area contributed by atoms with Gasteiger partial charge in [0.2, 0.25) is 0 Å². The minimum Gasteiger partial charge on any atom is -0.484 e. The first-order valence-electron chi connectivity index (χ1n) is 9.44. The fourth-order valence-corrected chi connectivity index (χ4v) is 4.31. The van der Waals surface area contributed by atoms with Crippen molar-refractivity contribution in [2.24, 2.45) is 11.3 Å². The number of ether oxygens (including phenoxy) is 2. The lowest BCUT2D eigenvalue weighted by Crippen LogP contribution is -2.48. The van der Waals surface area contributed by atoms with Crippen LogP contribution in [-0.4, -0.2) is 80.5 Å². The highest BCUT2D eigenvalue weighted by Crippen LogP contribution is 2.44. The van der Waals surface area contributed by atoms with Crippen molar-refractivity contribution in [3.63, 3.8) is 0 Å². The van der Waals surface area contributed by atoms with Gasteiger partial charge in [-0.25, -0.2) is 0 Å². The number of methoxy groups -OCH3 is 1. The topological polar surface area (TPSA) is 62.2 Å². The smallest absolute Gasteiger partial charge is 0.260 e. The molecule has 0 aliphatic carbocycles. The SMILES string of the molecule is COCCN1CC(CO)C2(CCN(C(=O)COc3ccccc3)CC2)C1. The molecule has 1 unspecified atom stereocenters. The van der Waals surface area contributed by atoms with E-state index in [4.69, 9.17) is 9.47 Å². The molecule has 144 valence electrons.